The molecule has 3 aromatic carbocycles. The van der Waals surface area contributed by atoms with Gasteiger partial charge in [0.05, 0.1) is 22.4 Å². The van der Waals surface area contributed by atoms with Gasteiger partial charge in [0.1, 0.15) is 0 Å². The van der Waals surface area contributed by atoms with E-state index < -0.39 is 0 Å². The lowest BCUT2D eigenvalue weighted by molar-refractivity contribution is 1.03. The largest absolute Gasteiger partial charge is 0.254 e. The summed E-state index contributed by atoms with van der Waals surface area (Å²) in [6.45, 7) is 2.04. The highest BCUT2D eigenvalue weighted by atomic mass is 14.9. The summed E-state index contributed by atoms with van der Waals surface area (Å²) >= 11 is 0. The molecule has 0 bridgehead atoms. The zero-order valence-electron chi connectivity index (χ0n) is 21.7. The fourth-order valence-corrected chi connectivity index (χ4v) is 5.30. The number of benzene rings is 3. The van der Waals surface area contributed by atoms with E-state index >= 15 is 0 Å². The molecule has 0 aliphatic heterocycles. The second kappa shape index (κ2) is 9.73. The van der Waals surface area contributed by atoms with Crippen molar-refractivity contribution in [2.75, 3.05) is 0 Å². The minimum absolute atomic E-state index is 0.760. The number of hydrogen-bond donors (Lipinski definition) is 0. The van der Waals surface area contributed by atoms with Crippen LogP contribution in [-0.2, 0) is 0 Å². The minimum atomic E-state index is 0.760. The van der Waals surface area contributed by atoms with Gasteiger partial charge in [-0.3, -0.25) is 9.97 Å². The second-order valence-electron chi connectivity index (χ2n) is 9.90. The van der Waals surface area contributed by atoms with E-state index in [0.717, 1.165) is 85.4 Å². The van der Waals surface area contributed by atoms with Crippen LogP contribution < -0.4 is 0 Å². The summed E-state index contributed by atoms with van der Waals surface area (Å²) in [5.41, 5.74) is 10.1. The highest BCUT2D eigenvalue weighted by Crippen LogP contribution is 2.35. The third-order valence-electron chi connectivity index (χ3n) is 7.20. The van der Waals surface area contributed by atoms with Crippen LogP contribution in [0, 0.1) is 6.92 Å². The van der Waals surface area contributed by atoms with Crippen molar-refractivity contribution >= 4 is 27.4 Å². The first-order valence-corrected chi connectivity index (χ1v) is 13.3. The van der Waals surface area contributed by atoms with E-state index in [1.54, 1.807) is 0 Å². The van der Waals surface area contributed by atoms with E-state index in [1.807, 2.05) is 37.4 Å². The molecule has 39 heavy (non-hydrogen) atoms. The number of fused-ring (bicyclic) bond motifs is 3. The molecule has 4 nitrogen and oxygen atoms in total. The molecule has 0 fully saturated rings. The number of nitrogens with zero attached hydrogens (tertiary/aromatic N) is 4. The van der Waals surface area contributed by atoms with E-state index in [4.69, 9.17) is 15.0 Å². The molecule has 0 saturated carbocycles. The first-order chi connectivity index (χ1) is 19.2. The number of pyridine rings is 2. The quantitative estimate of drug-likeness (QED) is 0.226. The summed E-state index contributed by atoms with van der Waals surface area (Å²) in [6.07, 6.45) is 10.5. The van der Waals surface area contributed by atoms with Gasteiger partial charge >= 0.3 is 0 Å². The van der Waals surface area contributed by atoms with Gasteiger partial charge in [-0.1, -0.05) is 85.0 Å². The van der Waals surface area contributed by atoms with Crippen molar-refractivity contribution < 1.29 is 0 Å². The van der Waals surface area contributed by atoms with Gasteiger partial charge in [0, 0.05) is 39.4 Å². The average Bonchev–Trinajstić information content (AvgIpc) is 3.01. The Hall–Kier alpha value is -4.96. The van der Waals surface area contributed by atoms with Gasteiger partial charge < -0.3 is 0 Å². The highest BCUT2D eigenvalue weighted by Gasteiger charge is 2.14. The molecule has 186 valence electrons. The zero-order valence-corrected chi connectivity index (χ0v) is 21.7. The normalized spacial score (nSPS) is 13.1. The van der Waals surface area contributed by atoms with Crippen LogP contribution in [0.25, 0.3) is 61.0 Å². The number of aryl methyl sites for hydroxylation is 1. The monoisotopic (exact) mass is 502 g/mol. The molecule has 4 heteroatoms. The van der Waals surface area contributed by atoms with Gasteiger partial charge in [-0.05, 0) is 55.2 Å². The van der Waals surface area contributed by atoms with Crippen molar-refractivity contribution in [3.63, 3.8) is 0 Å². The van der Waals surface area contributed by atoms with Gasteiger partial charge in [-0.15, -0.1) is 0 Å². The van der Waals surface area contributed by atoms with Crippen LogP contribution >= 0.6 is 0 Å². The summed E-state index contributed by atoms with van der Waals surface area (Å²) < 4.78 is 0. The second-order valence-corrected chi connectivity index (χ2v) is 9.90. The average molecular weight is 503 g/mol. The first-order valence-electron chi connectivity index (χ1n) is 13.3. The molecule has 0 amide bonds. The smallest absolute Gasteiger partial charge is 0.160 e. The first kappa shape index (κ1) is 23.2. The van der Waals surface area contributed by atoms with Crippen LogP contribution in [0.3, 0.4) is 0 Å². The predicted octanol–water partition coefficient (Wildman–Crippen LogP) is 8.62. The lowest BCUT2D eigenvalue weighted by Crippen LogP contribution is -1.99. The molecular formula is C35H26N4. The molecule has 3 aromatic heterocycles. The summed E-state index contributed by atoms with van der Waals surface area (Å²) in [5, 5.41) is 2.19. The molecule has 0 saturated heterocycles. The molecule has 1 aliphatic rings. The SMILES string of the molecule is Cc1cc(-c2cccc(-c3cc(-c4ccccc4)nc(C4=CCCC=C4)n3)c2)c2ccc3cccnc3c2n1. The Labute approximate surface area is 227 Å². The number of hydrogen-bond acceptors (Lipinski definition) is 4. The Bertz CT molecular complexity index is 1920. The summed E-state index contributed by atoms with van der Waals surface area (Å²) in [4.78, 5) is 19.6. The number of rotatable bonds is 4. The van der Waals surface area contributed by atoms with Crippen molar-refractivity contribution in [1.82, 2.24) is 19.9 Å². The molecule has 0 atom stereocenters. The molecular weight excluding hydrogens is 476 g/mol. The standard InChI is InChI=1S/C35H26N4/c1-23-20-30(29-18-17-25-16-9-19-36-33(25)34(29)37-23)27-14-8-15-28(21-27)32-22-31(24-10-4-2-5-11-24)38-35(39-32)26-12-6-3-7-13-26/h2,4-6,8-22H,3,7H2,1H3. The van der Waals surface area contributed by atoms with Gasteiger partial charge in [0.15, 0.2) is 5.82 Å². The molecule has 0 spiro atoms. The summed E-state index contributed by atoms with van der Waals surface area (Å²) in [5.74, 6) is 0.760. The molecule has 0 N–H and O–H groups in total. The maximum atomic E-state index is 5.06. The Morgan fingerprint density at radius 3 is 2.31 bits per heavy atom. The topological polar surface area (TPSA) is 51.6 Å². The van der Waals surface area contributed by atoms with Gasteiger partial charge in [-0.2, -0.15) is 0 Å². The van der Waals surface area contributed by atoms with E-state index in [0.29, 0.717) is 0 Å². The van der Waals surface area contributed by atoms with Crippen molar-refractivity contribution in [2.45, 2.75) is 19.8 Å². The van der Waals surface area contributed by atoms with Crippen LogP contribution in [-0.4, -0.2) is 19.9 Å². The van der Waals surface area contributed by atoms with Crippen molar-refractivity contribution in [3.05, 3.63) is 127 Å². The van der Waals surface area contributed by atoms with E-state index in [1.165, 1.54) is 0 Å². The van der Waals surface area contributed by atoms with Crippen LogP contribution in [0.2, 0.25) is 0 Å². The number of allylic oxidation sites excluding steroid dienone is 4. The fourth-order valence-electron chi connectivity index (χ4n) is 5.30. The van der Waals surface area contributed by atoms with E-state index in [2.05, 4.69) is 89.9 Å². The lowest BCUT2D eigenvalue weighted by atomic mass is 9.96. The van der Waals surface area contributed by atoms with Crippen LogP contribution in [0.1, 0.15) is 24.4 Å². The van der Waals surface area contributed by atoms with Gasteiger partial charge in [-0.25, -0.2) is 9.97 Å². The molecule has 3 heterocycles. The minimum Gasteiger partial charge on any atom is -0.254 e. The maximum absolute atomic E-state index is 5.06. The fraction of sp³-hybridized carbons (Fsp3) is 0.0857. The third kappa shape index (κ3) is 4.40. The van der Waals surface area contributed by atoms with Crippen molar-refractivity contribution in [3.8, 4) is 33.6 Å². The van der Waals surface area contributed by atoms with Crippen LogP contribution in [0.5, 0.6) is 0 Å². The van der Waals surface area contributed by atoms with Gasteiger partial charge in [0.2, 0.25) is 0 Å². The Balaban J connectivity index is 1.40. The van der Waals surface area contributed by atoms with E-state index in [-0.39, 0.29) is 0 Å². The molecule has 7 rings (SSSR count). The maximum Gasteiger partial charge on any atom is 0.160 e. The summed E-state index contributed by atoms with van der Waals surface area (Å²) in [7, 11) is 0. The Morgan fingerprint density at radius 1 is 0.641 bits per heavy atom. The summed E-state index contributed by atoms with van der Waals surface area (Å²) in [6, 6.07) is 31.5. The Kier molecular flexibility index (Phi) is 5.78. The third-order valence-corrected chi connectivity index (χ3v) is 7.20. The van der Waals surface area contributed by atoms with E-state index in [9.17, 15) is 0 Å². The molecule has 0 unspecified atom stereocenters. The van der Waals surface area contributed by atoms with Gasteiger partial charge in [0.25, 0.3) is 0 Å². The predicted molar refractivity (Wildman–Crippen MR) is 160 cm³/mol. The van der Waals surface area contributed by atoms with Crippen LogP contribution in [0.4, 0.5) is 0 Å². The van der Waals surface area contributed by atoms with Crippen molar-refractivity contribution in [2.24, 2.45) is 0 Å². The Morgan fingerprint density at radius 2 is 1.46 bits per heavy atom. The van der Waals surface area contributed by atoms with Crippen LogP contribution in [0.15, 0.2) is 115 Å². The van der Waals surface area contributed by atoms with Crippen molar-refractivity contribution in [1.29, 1.82) is 0 Å². The highest BCUT2D eigenvalue weighted by molar-refractivity contribution is 6.08. The number of aromatic nitrogens is 4. The zero-order chi connectivity index (χ0) is 26.2. The lowest BCUT2D eigenvalue weighted by Gasteiger charge is -2.13. The molecule has 6 aromatic rings. The molecule has 0 radical (unpaired) electrons. The molecule has 1 aliphatic carbocycles.